The molecule has 1 aliphatic rings. The van der Waals surface area contributed by atoms with E-state index in [0.717, 1.165) is 5.56 Å². The molecule has 0 unspecified atom stereocenters. The molecule has 0 radical (unpaired) electrons. The van der Waals surface area contributed by atoms with Crippen molar-refractivity contribution in [3.05, 3.63) is 23.5 Å². The van der Waals surface area contributed by atoms with E-state index in [0.29, 0.717) is 24.0 Å². The smallest absolute Gasteiger partial charge is 0.167 e. The number of halogens is 1. The van der Waals surface area contributed by atoms with Crippen LogP contribution in [0.3, 0.4) is 0 Å². The van der Waals surface area contributed by atoms with Crippen LogP contribution in [0.2, 0.25) is 0 Å². The van der Waals surface area contributed by atoms with Gasteiger partial charge in [0.25, 0.3) is 0 Å². The fourth-order valence-electron chi connectivity index (χ4n) is 2.34. The minimum atomic E-state index is -0.357. The molecule has 0 saturated heterocycles. The zero-order valence-electron chi connectivity index (χ0n) is 10.3. The van der Waals surface area contributed by atoms with Gasteiger partial charge in [-0.1, -0.05) is 19.3 Å². The topological polar surface area (TPSA) is 35.2 Å². The number of rotatable bonds is 3. The SMILES string of the molecule is Cc1cc(OCC2CCCCC2)c(F)cc1N. The van der Waals surface area contributed by atoms with Crippen LogP contribution in [-0.2, 0) is 0 Å². The predicted octanol–water partition coefficient (Wildman–Crippen LogP) is 3.68. The summed E-state index contributed by atoms with van der Waals surface area (Å²) in [5.41, 5.74) is 6.98. The predicted molar refractivity (Wildman–Crippen MR) is 67.6 cm³/mol. The maximum Gasteiger partial charge on any atom is 0.167 e. The van der Waals surface area contributed by atoms with Gasteiger partial charge in [0.15, 0.2) is 11.6 Å². The number of benzene rings is 1. The summed E-state index contributed by atoms with van der Waals surface area (Å²) in [4.78, 5) is 0. The summed E-state index contributed by atoms with van der Waals surface area (Å²) in [6.45, 7) is 2.49. The summed E-state index contributed by atoms with van der Waals surface area (Å²) in [7, 11) is 0. The molecule has 94 valence electrons. The van der Waals surface area contributed by atoms with Crippen LogP contribution in [0.25, 0.3) is 0 Å². The van der Waals surface area contributed by atoms with Gasteiger partial charge >= 0.3 is 0 Å². The highest BCUT2D eigenvalue weighted by molar-refractivity contribution is 5.50. The van der Waals surface area contributed by atoms with Crippen LogP contribution in [0.4, 0.5) is 10.1 Å². The van der Waals surface area contributed by atoms with Crippen molar-refractivity contribution in [2.24, 2.45) is 5.92 Å². The molecule has 1 aliphatic carbocycles. The van der Waals surface area contributed by atoms with E-state index < -0.39 is 0 Å². The second-order valence-corrected chi connectivity index (χ2v) is 4.95. The molecule has 3 heteroatoms. The zero-order valence-corrected chi connectivity index (χ0v) is 10.3. The fourth-order valence-corrected chi connectivity index (χ4v) is 2.34. The van der Waals surface area contributed by atoms with E-state index in [9.17, 15) is 4.39 Å². The molecule has 1 aromatic rings. The highest BCUT2D eigenvalue weighted by Crippen LogP contribution is 2.27. The molecule has 17 heavy (non-hydrogen) atoms. The van der Waals surface area contributed by atoms with Gasteiger partial charge in [0.1, 0.15) is 0 Å². The Morgan fingerprint density at radius 2 is 2.00 bits per heavy atom. The van der Waals surface area contributed by atoms with E-state index in [1.54, 1.807) is 6.07 Å². The molecule has 0 atom stereocenters. The molecular formula is C14H20FNO. The lowest BCUT2D eigenvalue weighted by molar-refractivity contribution is 0.202. The number of hydrogen-bond donors (Lipinski definition) is 1. The van der Waals surface area contributed by atoms with Crippen molar-refractivity contribution < 1.29 is 9.13 Å². The lowest BCUT2D eigenvalue weighted by atomic mass is 9.90. The van der Waals surface area contributed by atoms with Crippen LogP contribution in [0.5, 0.6) is 5.75 Å². The first-order valence-corrected chi connectivity index (χ1v) is 6.35. The second kappa shape index (κ2) is 5.39. The molecular weight excluding hydrogens is 217 g/mol. The third-order valence-electron chi connectivity index (χ3n) is 3.52. The number of aryl methyl sites for hydroxylation is 1. The van der Waals surface area contributed by atoms with Crippen molar-refractivity contribution in [2.75, 3.05) is 12.3 Å². The second-order valence-electron chi connectivity index (χ2n) is 4.95. The van der Waals surface area contributed by atoms with Gasteiger partial charge in [-0.25, -0.2) is 4.39 Å². The largest absolute Gasteiger partial charge is 0.490 e. The van der Waals surface area contributed by atoms with E-state index in [1.807, 2.05) is 6.92 Å². The fraction of sp³-hybridized carbons (Fsp3) is 0.571. The van der Waals surface area contributed by atoms with E-state index in [-0.39, 0.29) is 5.82 Å². The third-order valence-corrected chi connectivity index (χ3v) is 3.52. The highest BCUT2D eigenvalue weighted by atomic mass is 19.1. The maximum atomic E-state index is 13.6. The molecule has 2 nitrogen and oxygen atoms in total. The molecule has 0 aliphatic heterocycles. The highest BCUT2D eigenvalue weighted by Gasteiger charge is 2.15. The monoisotopic (exact) mass is 237 g/mol. The summed E-state index contributed by atoms with van der Waals surface area (Å²) in [5.74, 6) is 0.562. The third kappa shape index (κ3) is 3.11. The lowest BCUT2D eigenvalue weighted by Gasteiger charge is -2.22. The van der Waals surface area contributed by atoms with Gasteiger partial charge < -0.3 is 10.5 Å². The first kappa shape index (κ1) is 12.2. The number of anilines is 1. The van der Waals surface area contributed by atoms with E-state index in [1.165, 1.54) is 38.2 Å². The average Bonchev–Trinajstić information content (AvgIpc) is 2.33. The van der Waals surface area contributed by atoms with Crippen molar-refractivity contribution >= 4 is 5.69 Å². The maximum absolute atomic E-state index is 13.6. The average molecular weight is 237 g/mol. The van der Waals surface area contributed by atoms with E-state index in [2.05, 4.69) is 0 Å². The molecule has 1 aromatic carbocycles. The Hall–Kier alpha value is -1.25. The number of nitrogens with two attached hydrogens (primary N) is 1. The van der Waals surface area contributed by atoms with E-state index in [4.69, 9.17) is 10.5 Å². The van der Waals surface area contributed by atoms with Gasteiger partial charge in [-0.05, 0) is 37.3 Å². The van der Waals surface area contributed by atoms with Crippen LogP contribution < -0.4 is 10.5 Å². The molecule has 1 saturated carbocycles. The molecule has 0 heterocycles. The molecule has 0 bridgehead atoms. The van der Waals surface area contributed by atoms with Crippen LogP contribution in [0.15, 0.2) is 12.1 Å². The zero-order chi connectivity index (χ0) is 12.3. The van der Waals surface area contributed by atoms with Crippen molar-refractivity contribution in [1.29, 1.82) is 0 Å². The molecule has 0 amide bonds. The number of nitrogen functional groups attached to an aromatic ring is 1. The van der Waals surface area contributed by atoms with Crippen LogP contribution in [0, 0.1) is 18.7 Å². The van der Waals surface area contributed by atoms with Gasteiger partial charge in [0, 0.05) is 11.8 Å². The van der Waals surface area contributed by atoms with Crippen LogP contribution in [0.1, 0.15) is 37.7 Å². The molecule has 0 aromatic heterocycles. The molecule has 0 spiro atoms. The number of hydrogen-bond acceptors (Lipinski definition) is 2. The van der Waals surface area contributed by atoms with Gasteiger partial charge in [0.05, 0.1) is 6.61 Å². The van der Waals surface area contributed by atoms with Crippen molar-refractivity contribution in [3.8, 4) is 5.75 Å². The molecule has 1 fully saturated rings. The Kier molecular flexibility index (Phi) is 3.87. The van der Waals surface area contributed by atoms with Crippen LogP contribution in [-0.4, -0.2) is 6.61 Å². The van der Waals surface area contributed by atoms with Gasteiger partial charge in [-0.2, -0.15) is 0 Å². The quantitative estimate of drug-likeness (QED) is 0.814. The Morgan fingerprint density at radius 3 is 2.71 bits per heavy atom. The summed E-state index contributed by atoms with van der Waals surface area (Å²) >= 11 is 0. The molecule has 2 N–H and O–H groups in total. The normalized spacial score (nSPS) is 17.1. The Morgan fingerprint density at radius 1 is 1.29 bits per heavy atom. The summed E-state index contributed by atoms with van der Waals surface area (Å²) in [6.07, 6.45) is 6.28. The van der Waals surface area contributed by atoms with Crippen molar-refractivity contribution in [2.45, 2.75) is 39.0 Å². The lowest BCUT2D eigenvalue weighted by Crippen LogP contribution is -2.15. The summed E-state index contributed by atoms with van der Waals surface area (Å²) in [5, 5.41) is 0. The van der Waals surface area contributed by atoms with Gasteiger partial charge in [0.2, 0.25) is 0 Å². The Bertz CT molecular complexity index is 386. The Balaban J connectivity index is 1.96. The molecule has 2 rings (SSSR count). The van der Waals surface area contributed by atoms with Crippen LogP contribution >= 0.6 is 0 Å². The van der Waals surface area contributed by atoms with Gasteiger partial charge in [-0.15, -0.1) is 0 Å². The minimum absolute atomic E-state index is 0.335. The Labute approximate surface area is 102 Å². The first-order chi connectivity index (χ1) is 8.16. The summed E-state index contributed by atoms with van der Waals surface area (Å²) < 4.78 is 19.2. The first-order valence-electron chi connectivity index (χ1n) is 6.35. The van der Waals surface area contributed by atoms with Gasteiger partial charge in [-0.3, -0.25) is 0 Å². The minimum Gasteiger partial charge on any atom is -0.490 e. The summed E-state index contributed by atoms with van der Waals surface area (Å²) in [6, 6.07) is 3.03. The van der Waals surface area contributed by atoms with Crippen molar-refractivity contribution in [3.63, 3.8) is 0 Å². The van der Waals surface area contributed by atoms with E-state index >= 15 is 0 Å². The number of ether oxygens (including phenoxy) is 1. The standard InChI is InChI=1S/C14H20FNO/c1-10-7-14(12(15)8-13(10)16)17-9-11-5-3-2-4-6-11/h7-8,11H,2-6,9,16H2,1H3. The van der Waals surface area contributed by atoms with Crippen molar-refractivity contribution in [1.82, 2.24) is 0 Å².